The van der Waals surface area contributed by atoms with Crippen molar-refractivity contribution in [3.05, 3.63) is 76.3 Å². The van der Waals surface area contributed by atoms with E-state index in [1.807, 2.05) is 6.07 Å². The van der Waals surface area contributed by atoms with E-state index < -0.39 is 30.0 Å². The van der Waals surface area contributed by atoms with E-state index in [4.69, 9.17) is 25.8 Å². The number of anilines is 1. The highest BCUT2D eigenvalue weighted by Gasteiger charge is 2.51. The molecule has 0 fully saturated rings. The Labute approximate surface area is 178 Å². The second kappa shape index (κ2) is 9.00. The fourth-order valence-electron chi connectivity index (χ4n) is 3.63. The summed E-state index contributed by atoms with van der Waals surface area (Å²) in [5.74, 6) is -2.30. The van der Waals surface area contributed by atoms with Crippen LogP contribution in [0, 0.1) is 0 Å². The summed E-state index contributed by atoms with van der Waals surface area (Å²) in [4.78, 5) is 40.1. The lowest BCUT2D eigenvalue weighted by molar-refractivity contribution is -0.144. The van der Waals surface area contributed by atoms with Crippen LogP contribution in [0.2, 0.25) is 5.02 Å². The number of methoxy groups -OCH3 is 3. The van der Waals surface area contributed by atoms with Crippen molar-refractivity contribution in [2.75, 3.05) is 26.2 Å². The summed E-state index contributed by atoms with van der Waals surface area (Å²) in [7, 11) is 3.60. The van der Waals surface area contributed by atoms with Gasteiger partial charge < -0.3 is 19.1 Å². The van der Waals surface area contributed by atoms with Crippen molar-refractivity contribution in [1.82, 2.24) is 0 Å². The number of halogens is 1. The summed E-state index contributed by atoms with van der Waals surface area (Å²) in [6, 6.07) is 13.7. The van der Waals surface area contributed by atoms with Crippen molar-refractivity contribution >= 4 is 35.2 Å². The molecule has 2 aromatic carbocycles. The van der Waals surface area contributed by atoms with Gasteiger partial charge in [0.1, 0.15) is 0 Å². The normalized spacial score (nSPS) is 18.2. The third kappa shape index (κ3) is 3.76. The SMILES string of the molecule is COC(=O)C1=C(C(=O)OC)[C@H](c2ccccc2)N(c2cccc(Cl)c2)[C@H]1C(=O)OC. The molecule has 2 atom stereocenters. The van der Waals surface area contributed by atoms with Gasteiger partial charge in [-0.15, -0.1) is 0 Å². The molecule has 1 heterocycles. The van der Waals surface area contributed by atoms with Crippen molar-refractivity contribution in [3.63, 3.8) is 0 Å². The molecular weight excluding hydrogens is 410 g/mol. The molecule has 0 amide bonds. The van der Waals surface area contributed by atoms with Crippen LogP contribution in [-0.4, -0.2) is 45.3 Å². The number of ether oxygens (including phenoxy) is 3. The number of esters is 3. The van der Waals surface area contributed by atoms with E-state index in [2.05, 4.69) is 0 Å². The molecule has 0 N–H and O–H groups in total. The Kier molecular flexibility index (Phi) is 6.42. The highest BCUT2D eigenvalue weighted by Crippen LogP contribution is 2.45. The third-order valence-electron chi connectivity index (χ3n) is 4.85. The van der Waals surface area contributed by atoms with Gasteiger partial charge in [0.25, 0.3) is 0 Å². The van der Waals surface area contributed by atoms with E-state index >= 15 is 0 Å². The Morgan fingerprint density at radius 3 is 2.03 bits per heavy atom. The summed E-state index contributed by atoms with van der Waals surface area (Å²) in [6.07, 6.45) is 0. The van der Waals surface area contributed by atoms with Crippen LogP contribution in [0.5, 0.6) is 0 Å². The molecule has 1 aliphatic heterocycles. The lowest BCUT2D eigenvalue weighted by atomic mass is 9.96. The molecule has 156 valence electrons. The molecule has 0 saturated carbocycles. The quantitative estimate of drug-likeness (QED) is 0.533. The molecule has 1 aliphatic rings. The fraction of sp³-hybridized carbons (Fsp3) is 0.227. The van der Waals surface area contributed by atoms with Gasteiger partial charge in [-0.2, -0.15) is 0 Å². The van der Waals surface area contributed by atoms with E-state index in [0.29, 0.717) is 16.3 Å². The molecule has 0 saturated heterocycles. The number of carbonyl (C=O) groups excluding carboxylic acids is 3. The number of benzene rings is 2. The van der Waals surface area contributed by atoms with Gasteiger partial charge >= 0.3 is 17.9 Å². The zero-order valence-corrected chi connectivity index (χ0v) is 17.4. The predicted octanol–water partition coefficient (Wildman–Crippen LogP) is 3.09. The first-order chi connectivity index (χ1) is 14.4. The van der Waals surface area contributed by atoms with E-state index in [1.54, 1.807) is 53.4 Å². The van der Waals surface area contributed by atoms with Crippen LogP contribution in [0.3, 0.4) is 0 Å². The monoisotopic (exact) mass is 429 g/mol. The molecule has 0 radical (unpaired) electrons. The van der Waals surface area contributed by atoms with Gasteiger partial charge in [0.15, 0.2) is 6.04 Å². The smallest absolute Gasteiger partial charge is 0.337 e. The van der Waals surface area contributed by atoms with Crippen LogP contribution in [0.25, 0.3) is 0 Å². The molecule has 0 bridgehead atoms. The molecular formula is C22H20ClNO6. The molecule has 8 heteroatoms. The minimum absolute atomic E-state index is 0.00549. The fourth-order valence-corrected chi connectivity index (χ4v) is 3.81. The Morgan fingerprint density at radius 1 is 0.833 bits per heavy atom. The first-order valence-electron chi connectivity index (χ1n) is 9.02. The van der Waals surface area contributed by atoms with Crippen molar-refractivity contribution in [2.45, 2.75) is 12.1 Å². The molecule has 7 nitrogen and oxygen atoms in total. The van der Waals surface area contributed by atoms with E-state index in [0.717, 1.165) is 0 Å². The zero-order valence-electron chi connectivity index (χ0n) is 16.6. The Morgan fingerprint density at radius 2 is 1.47 bits per heavy atom. The van der Waals surface area contributed by atoms with Gasteiger partial charge in [-0.3, -0.25) is 0 Å². The van der Waals surface area contributed by atoms with E-state index in [1.165, 1.54) is 21.3 Å². The average molecular weight is 430 g/mol. The number of rotatable bonds is 5. The van der Waals surface area contributed by atoms with Gasteiger partial charge in [-0.1, -0.05) is 48.0 Å². The standard InChI is InChI=1S/C22H20ClNO6/c1-28-20(25)16-17(21(26)29-2)19(22(27)30-3)24(15-11-7-10-14(23)12-15)18(16)13-8-5-4-6-9-13/h4-12,18-19H,1-3H3/t18-,19+/m0/s1. The molecule has 0 aromatic heterocycles. The van der Waals surface area contributed by atoms with Gasteiger partial charge in [-0.05, 0) is 23.8 Å². The first kappa shape index (κ1) is 21.4. The van der Waals surface area contributed by atoms with Gasteiger partial charge in [0, 0.05) is 10.7 Å². The highest BCUT2D eigenvalue weighted by atomic mass is 35.5. The van der Waals surface area contributed by atoms with Crippen LogP contribution < -0.4 is 4.90 Å². The second-order valence-corrected chi connectivity index (χ2v) is 6.87. The molecule has 0 unspecified atom stereocenters. The van der Waals surface area contributed by atoms with Crippen molar-refractivity contribution in [2.24, 2.45) is 0 Å². The van der Waals surface area contributed by atoms with Crippen molar-refractivity contribution in [3.8, 4) is 0 Å². The van der Waals surface area contributed by atoms with Crippen molar-refractivity contribution < 1.29 is 28.6 Å². The number of hydrogen-bond acceptors (Lipinski definition) is 7. The third-order valence-corrected chi connectivity index (χ3v) is 5.09. The lowest BCUT2D eigenvalue weighted by Crippen LogP contribution is -2.42. The van der Waals surface area contributed by atoms with Crippen LogP contribution >= 0.6 is 11.6 Å². The van der Waals surface area contributed by atoms with E-state index in [-0.39, 0.29) is 11.1 Å². The number of hydrogen-bond donors (Lipinski definition) is 0. The predicted molar refractivity (Wildman–Crippen MR) is 110 cm³/mol. The van der Waals surface area contributed by atoms with Crippen LogP contribution in [0.4, 0.5) is 5.69 Å². The zero-order chi connectivity index (χ0) is 21.8. The minimum atomic E-state index is -1.24. The van der Waals surface area contributed by atoms with Gasteiger partial charge in [0.05, 0.1) is 38.5 Å². The summed E-state index contributed by atoms with van der Waals surface area (Å²) in [6.45, 7) is 0. The van der Waals surface area contributed by atoms with Crippen LogP contribution in [-0.2, 0) is 28.6 Å². The molecule has 3 rings (SSSR count). The molecule has 2 aromatic rings. The summed E-state index contributed by atoms with van der Waals surface area (Å²) in [5, 5.41) is 0.425. The highest BCUT2D eigenvalue weighted by molar-refractivity contribution is 6.30. The average Bonchev–Trinajstić information content (AvgIpc) is 3.14. The minimum Gasteiger partial charge on any atom is -0.467 e. The largest absolute Gasteiger partial charge is 0.467 e. The summed E-state index contributed by atoms with van der Waals surface area (Å²) >= 11 is 6.19. The molecule has 30 heavy (non-hydrogen) atoms. The van der Waals surface area contributed by atoms with Crippen molar-refractivity contribution in [1.29, 1.82) is 0 Å². The second-order valence-electron chi connectivity index (χ2n) is 6.44. The van der Waals surface area contributed by atoms with E-state index in [9.17, 15) is 14.4 Å². The number of carbonyl (C=O) groups is 3. The summed E-state index contributed by atoms with van der Waals surface area (Å²) in [5.41, 5.74) is 1.06. The van der Waals surface area contributed by atoms with Gasteiger partial charge in [0.2, 0.25) is 0 Å². The Hall–Kier alpha value is -3.32. The topological polar surface area (TPSA) is 82.1 Å². The van der Waals surface area contributed by atoms with Crippen LogP contribution in [0.15, 0.2) is 65.7 Å². The maximum Gasteiger partial charge on any atom is 0.337 e. The summed E-state index contributed by atoms with van der Waals surface area (Å²) < 4.78 is 14.9. The first-order valence-corrected chi connectivity index (χ1v) is 9.39. The van der Waals surface area contributed by atoms with Gasteiger partial charge in [-0.25, -0.2) is 14.4 Å². The maximum atomic E-state index is 12.9. The Bertz CT molecular complexity index is 1000. The Balaban J connectivity index is 2.36. The number of nitrogens with zero attached hydrogens (tertiary/aromatic N) is 1. The lowest BCUT2D eigenvalue weighted by Gasteiger charge is -2.33. The van der Waals surface area contributed by atoms with Crippen LogP contribution in [0.1, 0.15) is 11.6 Å². The maximum absolute atomic E-state index is 12.9. The molecule has 0 spiro atoms. The molecule has 0 aliphatic carbocycles.